The minimum Gasteiger partial charge on any atom is -0.224 e. The van der Waals surface area contributed by atoms with Gasteiger partial charge in [-0.3, -0.25) is 0 Å². The van der Waals surface area contributed by atoms with Gasteiger partial charge in [-0.05, 0) is 24.3 Å². The van der Waals surface area contributed by atoms with Crippen LogP contribution < -0.4 is 4.90 Å². The van der Waals surface area contributed by atoms with Crippen molar-refractivity contribution in [1.82, 2.24) is 0 Å². The third-order valence-corrected chi connectivity index (χ3v) is 3.31. The van der Waals surface area contributed by atoms with Gasteiger partial charge in [-0.25, -0.2) is 27.0 Å². The lowest BCUT2D eigenvalue weighted by atomic mass is 10.2. The van der Waals surface area contributed by atoms with Crippen LogP contribution in [0.1, 0.15) is 0 Å². The summed E-state index contributed by atoms with van der Waals surface area (Å²) < 4.78 is 56.2. The summed E-state index contributed by atoms with van der Waals surface area (Å²) in [5.74, 6) is -2.88. The minimum absolute atomic E-state index is 0.225. The molecule has 0 spiro atoms. The molecular formula is C15H11F4N2+. The molecule has 2 aromatic rings. The Morgan fingerprint density at radius 2 is 1.33 bits per heavy atom. The Morgan fingerprint density at radius 3 is 1.90 bits per heavy atom. The fourth-order valence-corrected chi connectivity index (χ4v) is 2.37. The van der Waals surface area contributed by atoms with Gasteiger partial charge in [0.05, 0.1) is 0 Å². The van der Waals surface area contributed by atoms with Crippen LogP contribution in [0.25, 0.3) is 0 Å². The first-order valence-electron chi connectivity index (χ1n) is 6.34. The molecule has 2 nitrogen and oxygen atoms in total. The summed E-state index contributed by atoms with van der Waals surface area (Å²) >= 11 is 0. The Bertz CT molecular complexity index is 687. The minimum atomic E-state index is -0.720. The number of halogens is 4. The molecule has 0 atom stereocenters. The Morgan fingerprint density at radius 1 is 0.810 bits per heavy atom. The number of hydrogen-bond donors (Lipinski definition) is 0. The van der Waals surface area contributed by atoms with Crippen molar-refractivity contribution in [3.05, 3.63) is 59.7 Å². The Labute approximate surface area is 118 Å². The first-order valence-corrected chi connectivity index (χ1v) is 6.34. The first kappa shape index (κ1) is 13.6. The molecule has 2 aromatic carbocycles. The van der Waals surface area contributed by atoms with Crippen LogP contribution in [0, 0.1) is 23.3 Å². The van der Waals surface area contributed by atoms with Crippen molar-refractivity contribution in [3.63, 3.8) is 0 Å². The number of anilines is 1. The van der Waals surface area contributed by atoms with Crippen LogP contribution in [-0.2, 0) is 0 Å². The van der Waals surface area contributed by atoms with Gasteiger partial charge in [0.15, 0.2) is 34.6 Å². The van der Waals surface area contributed by atoms with Gasteiger partial charge in [0, 0.05) is 0 Å². The van der Waals surface area contributed by atoms with Gasteiger partial charge in [0.2, 0.25) is 6.34 Å². The summed E-state index contributed by atoms with van der Waals surface area (Å²) in [4.78, 5) is 1.30. The second-order valence-electron chi connectivity index (χ2n) is 4.64. The molecule has 0 aromatic heterocycles. The SMILES string of the molecule is Fc1cccc(F)c1N1C=[N+](c2c(F)cccc2F)CC1. The summed E-state index contributed by atoms with van der Waals surface area (Å²) in [6.07, 6.45) is 1.31. The molecule has 0 saturated carbocycles. The van der Waals surface area contributed by atoms with E-state index in [2.05, 4.69) is 0 Å². The zero-order valence-electron chi connectivity index (χ0n) is 10.9. The summed E-state index contributed by atoms with van der Waals surface area (Å²) in [5.41, 5.74) is -0.450. The summed E-state index contributed by atoms with van der Waals surface area (Å²) in [6.45, 7) is 0.456. The predicted octanol–water partition coefficient (Wildman–Crippen LogP) is 3.44. The van der Waals surface area contributed by atoms with E-state index < -0.39 is 23.3 Å². The topological polar surface area (TPSA) is 6.25 Å². The Balaban J connectivity index is 2.02. The Hall–Kier alpha value is -2.37. The second-order valence-corrected chi connectivity index (χ2v) is 4.64. The van der Waals surface area contributed by atoms with Crippen LogP contribution in [0.3, 0.4) is 0 Å². The summed E-state index contributed by atoms with van der Waals surface area (Å²) in [7, 11) is 0. The van der Waals surface area contributed by atoms with E-state index in [1.165, 1.54) is 27.9 Å². The number of benzene rings is 2. The van der Waals surface area contributed by atoms with Crippen LogP contribution in [0.5, 0.6) is 0 Å². The van der Waals surface area contributed by atoms with Gasteiger partial charge < -0.3 is 0 Å². The monoisotopic (exact) mass is 295 g/mol. The molecular weight excluding hydrogens is 284 g/mol. The predicted molar refractivity (Wildman–Crippen MR) is 70.9 cm³/mol. The zero-order chi connectivity index (χ0) is 15.0. The average molecular weight is 295 g/mol. The smallest absolute Gasteiger partial charge is 0.224 e. The van der Waals surface area contributed by atoms with E-state index in [9.17, 15) is 17.6 Å². The summed E-state index contributed by atoms with van der Waals surface area (Å²) in [5, 5.41) is 0. The van der Waals surface area contributed by atoms with E-state index in [1.807, 2.05) is 0 Å². The van der Waals surface area contributed by atoms with Crippen LogP contribution in [0.4, 0.5) is 28.9 Å². The maximum Gasteiger partial charge on any atom is 0.245 e. The lowest BCUT2D eigenvalue weighted by molar-refractivity contribution is -0.428. The molecule has 0 amide bonds. The number of hydrogen-bond acceptors (Lipinski definition) is 1. The van der Waals surface area contributed by atoms with Crippen molar-refractivity contribution in [1.29, 1.82) is 0 Å². The molecule has 0 N–H and O–H groups in total. The van der Waals surface area contributed by atoms with Crippen molar-refractivity contribution >= 4 is 17.7 Å². The molecule has 1 aliphatic heterocycles. The van der Waals surface area contributed by atoms with E-state index in [0.717, 1.165) is 24.3 Å². The van der Waals surface area contributed by atoms with Gasteiger partial charge in [0.1, 0.15) is 13.1 Å². The summed E-state index contributed by atoms with van der Waals surface area (Å²) in [6, 6.07) is 7.07. The van der Waals surface area contributed by atoms with Gasteiger partial charge in [-0.15, -0.1) is 0 Å². The van der Waals surface area contributed by atoms with Crippen molar-refractivity contribution in [2.24, 2.45) is 0 Å². The zero-order valence-corrected chi connectivity index (χ0v) is 10.9. The standard InChI is InChI=1S/C15H11F4N2/c16-10-3-1-4-11(17)14(10)20-7-8-21(9-20)15-12(18)5-2-6-13(15)19/h1-6,9H,7-8H2/q+1. The normalized spacial score (nSPS) is 14.5. The molecule has 21 heavy (non-hydrogen) atoms. The largest absolute Gasteiger partial charge is 0.245 e. The first-order chi connectivity index (χ1) is 10.1. The van der Waals surface area contributed by atoms with E-state index in [0.29, 0.717) is 0 Å². The maximum absolute atomic E-state index is 13.7. The van der Waals surface area contributed by atoms with Crippen LogP contribution >= 0.6 is 0 Å². The molecule has 0 fully saturated rings. The molecule has 108 valence electrons. The number of nitrogens with zero attached hydrogens (tertiary/aromatic N) is 2. The fourth-order valence-electron chi connectivity index (χ4n) is 2.37. The van der Waals surface area contributed by atoms with E-state index in [-0.39, 0.29) is 24.5 Å². The molecule has 3 rings (SSSR count). The van der Waals surface area contributed by atoms with Gasteiger partial charge in [-0.2, -0.15) is 0 Å². The van der Waals surface area contributed by atoms with E-state index >= 15 is 0 Å². The van der Waals surface area contributed by atoms with Gasteiger partial charge >= 0.3 is 0 Å². The highest BCUT2D eigenvalue weighted by Gasteiger charge is 2.30. The fraction of sp³-hybridized carbons (Fsp3) is 0.133. The molecule has 1 aliphatic rings. The van der Waals surface area contributed by atoms with Crippen molar-refractivity contribution < 1.29 is 22.1 Å². The molecule has 0 saturated heterocycles. The lowest BCUT2D eigenvalue weighted by Gasteiger charge is -2.07. The number of para-hydroxylation sites is 2. The molecule has 0 aliphatic carbocycles. The number of rotatable bonds is 2. The van der Waals surface area contributed by atoms with Crippen LogP contribution in [0.15, 0.2) is 36.4 Å². The maximum atomic E-state index is 13.7. The van der Waals surface area contributed by atoms with Crippen LogP contribution in [0.2, 0.25) is 0 Å². The van der Waals surface area contributed by atoms with E-state index in [4.69, 9.17) is 0 Å². The van der Waals surface area contributed by atoms with Gasteiger partial charge in [-0.1, -0.05) is 12.1 Å². The Kier molecular flexibility index (Phi) is 3.37. The molecule has 0 unspecified atom stereocenters. The average Bonchev–Trinajstić information content (AvgIpc) is 2.87. The lowest BCUT2D eigenvalue weighted by Crippen LogP contribution is -2.20. The molecule has 0 radical (unpaired) electrons. The third kappa shape index (κ3) is 2.37. The van der Waals surface area contributed by atoms with Crippen LogP contribution in [-0.4, -0.2) is 24.0 Å². The molecule has 1 heterocycles. The highest BCUT2D eigenvalue weighted by atomic mass is 19.1. The third-order valence-electron chi connectivity index (χ3n) is 3.31. The van der Waals surface area contributed by atoms with E-state index in [1.54, 1.807) is 0 Å². The highest BCUT2D eigenvalue weighted by molar-refractivity contribution is 5.78. The van der Waals surface area contributed by atoms with Crippen molar-refractivity contribution in [3.8, 4) is 0 Å². The molecule has 6 heteroatoms. The second kappa shape index (κ2) is 5.20. The van der Waals surface area contributed by atoms with Crippen molar-refractivity contribution in [2.75, 3.05) is 18.0 Å². The highest BCUT2D eigenvalue weighted by Crippen LogP contribution is 2.27. The molecule has 0 bridgehead atoms. The quantitative estimate of drug-likeness (QED) is 0.607. The van der Waals surface area contributed by atoms with Crippen molar-refractivity contribution in [2.45, 2.75) is 0 Å². The van der Waals surface area contributed by atoms with Gasteiger partial charge in [0.25, 0.3) is 0 Å².